The first-order chi connectivity index (χ1) is 10.2. The Morgan fingerprint density at radius 3 is 1.15 bits per heavy atom. The van der Waals surface area contributed by atoms with Crippen LogP contribution in [0, 0.1) is 10.8 Å². The predicted molar refractivity (Wildman–Crippen MR) is 107 cm³/mol. The summed E-state index contributed by atoms with van der Waals surface area (Å²) in [7, 11) is -1.55. The average Bonchev–Trinajstić information content (AvgIpc) is 2.91. The molecule has 146 valence electrons. The summed E-state index contributed by atoms with van der Waals surface area (Å²) >= 11 is 0. The van der Waals surface area contributed by atoms with Crippen molar-refractivity contribution in [1.82, 2.24) is 0 Å². The van der Waals surface area contributed by atoms with Gasteiger partial charge in [0.05, 0.1) is 0 Å². The van der Waals surface area contributed by atoms with Gasteiger partial charge < -0.3 is 24.8 Å². The van der Waals surface area contributed by atoms with E-state index >= 15 is 0 Å². The molecule has 0 heterocycles. The van der Waals surface area contributed by atoms with Crippen LogP contribution in [-0.2, 0) is 25.8 Å². The first kappa shape index (κ1) is 28.8. The van der Waals surface area contributed by atoms with Gasteiger partial charge in [-0.05, 0) is 37.5 Å². The van der Waals surface area contributed by atoms with Gasteiger partial charge in [-0.2, -0.15) is 0 Å². The standard InChI is InChI=1S/C22H36Si.2ClH.Hf/c1-15-11-17(21(3,4)5)13-19(15)23(9,10)20-14-18(12-16(20)2)22(6,7)8;;;/h11-12H,13-14H2,1-10H3;2*1H;/q;;;+2/p-2. The molecule has 0 N–H and O–H groups in total. The Morgan fingerprint density at radius 1 is 0.692 bits per heavy atom. The van der Waals surface area contributed by atoms with Gasteiger partial charge in [0.15, 0.2) is 0 Å². The van der Waals surface area contributed by atoms with Crippen LogP contribution in [0.1, 0.15) is 68.2 Å². The number of rotatable bonds is 2. The van der Waals surface area contributed by atoms with Crippen LogP contribution in [0.15, 0.2) is 44.8 Å². The van der Waals surface area contributed by atoms with Crippen molar-refractivity contribution < 1.29 is 50.7 Å². The molecule has 0 amide bonds. The molecule has 26 heavy (non-hydrogen) atoms. The Kier molecular flexibility index (Phi) is 10.4. The Hall–Kier alpha value is 0.627. The summed E-state index contributed by atoms with van der Waals surface area (Å²) in [5.74, 6) is 0. The van der Waals surface area contributed by atoms with Crippen LogP contribution in [0.2, 0.25) is 13.1 Å². The molecule has 0 aromatic heterocycles. The largest absolute Gasteiger partial charge is 2.00 e. The molecule has 2 aliphatic carbocycles. The first-order valence-electron chi connectivity index (χ1n) is 9.07. The maximum atomic E-state index is 2.57. The van der Waals surface area contributed by atoms with Crippen molar-refractivity contribution in [3.05, 3.63) is 44.8 Å². The summed E-state index contributed by atoms with van der Waals surface area (Å²) in [6.45, 7) is 23.9. The van der Waals surface area contributed by atoms with Crippen LogP contribution in [0.3, 0.4) is 0 Å². The van der Waals surface area contributed by atoms with Gasteiger partial charge in [0.1, 0.15) is 8.07 Å². The Morgan fingerprint density at radius 2 is 0.962 bits per heavy atom. The van der Waals surface area contributed by atoms with Crippen molar-refractivity contribution in [3.8, 4) is 0 Å². The third kappa shape index (κ3) is 5.81. The molecule has 0 saturated carbocycles. The Bertz CT molecular complexity index is 595. The summed E-state index contributed by atoms with van der Waals surface area (Å²) in [4.78, 5) is 0. The molecular weight excluding hydrogens is 542 g/mol. The minimum absolute atomic E-state index is 0. The molecule has 0 atom stereocenters. The van der Waals surface area contributed by atoms with Gasteiger partial charge in [-0.1, -0.05) is 99.5 Å². The summed E-state index contributed by atoms with van der Waals surface area (Å²) in [6.07, 6.45) is 7.37. The van der Waals surface area contributed by atoms with Crippen LogP contribution in [0.25, 0.3) is 0 Å². The van der Waals surface area contributed by atoms with E-state index in [1.54, 1.807) is 32.7 Å². The molecular formula is C22H36Cl2HfSi. The van der Waals surface area contributed by atoms with E-state index in [0.717, 1.165) is 0 Å². The quantitative estimate of drug-likeness (QED) is 0.433. The zero-order valence-electron chi connectivity index (χ0n) is 18.3. The summed E-state index contributed by atoms with van der Waals surface area (Å²) in [6, 6.07) is 0. The number of allylic oxidation sites excluding steroid dienone is 8. The smallest absolute Gasteiger partial charge is 1.00 e. The summed E-state index contributed by atoms with van der Waals surface area (Å²) < 4.78 is 0. The van der Waals surface area contributed by atoms with E-state index in [4.69, 9.17) is 0 Å². The molecule has 2 rings (SSSR count). The van der Waals surface area contributed by atoms with Crippen molar-refractivity contribution >= 4 is 8.07 Å². The molecule has 0 aromatic carbocycles. The molecule has 0 bridgehead atoms. The van der Waals surface area contributed by atoms with Crippen molar-refractivity contribution in [2.45, 2.75) is 81.3 Å². The van der Waals surface area contributed by atoms with Crippen molar-refractivity contribution in [2.24, 2.45) is 10.8 Å². The summed E-state index contributed by atoms with van der Waals surface area (Å²) in [5.41, 5.74) is 6.92. The molecule has 4 heteroatoms. The predicted octanol–water partition coefficient (Wildman–Crippen LogP) is 1.16. The fourth-order valence-corrected chi connectivity index (χ4v) is 7.78. The van der Waals surface area contributed by atoms with Gasteiger partial charge in [-0.3, -0.25) is 0 Å². The second-order valence-electron chi connectivity index (χ2n) is 10.1. The van der Waals surface area contributed by atoms with Crippen molar-refractivity contribution in [3.63, 3.8) is 0 Å². The molecule has 0 spiro atoms. The second-order valence-corrected chi connectivity index (χ2v) is 14.6. The van der Waals surface area contributed by atoms with Gasteiger partial charge in [0.25, 0.3) is 0 Å². The molecule has 0 aromatic rings. The van der Waals surface area contributed by atoms with E-state index in [9.17, 15) is 0 Å². The van der Waals surface area contributed by atoms with E-state index in [2.05, 4.69) is 80.6 Å². The maximum absolute atomic E-state index is 2.57. The molecule has 0 fully saturated rings. The van der Waals surface area contributed by atoms with E-state index in [1.807, 2.05) is 0 Å². The Balaban J connectivity index is 0. The van der Waals surface area contributed by atoms with Gasteiger partial charge in [-0.15, -0.1) is 0 Å². The van der Waals surface area contributed by atoms with Gasteiger partial charge >= 0.3 is 25.8 Å². The van der Waals surface area contributed by atoms with Crippen LogP contribution in [0.5, 0.6) is 0 Å². The molecule has 0 saturated heterocycles. The minimum atomic E-state index is -1.55. The first-order valence-corrected chi connectivity index (χ1v) is 12.1. The molecule has 0 aliphatic heterocycles. The third-order valence-corrected chi connectivity index (χ3v) is 10.1. The molecule has 0 unspecified atom stereocenters. The Labute approximate surface area is 194 Å². The number of hydrogen-bond acceptors (Lipinski definition) is 0. The molecule has 2 aliphatic rings. The van der Waals surface area contributed by atoms with Crippen LogP contribution < -0.4 is 24.8 Å². The normalized spacial score (nSPS) is 18.1. The van der Waals surface area contributed by atoms with E-state index < -0.39 is 8.07 Å². The molecule has 0 radical (unpaired) electrons. The molecule has 0 nitrogen and oxygen atoms in total. The number of halogens is 2. The SMILES string of the molecule is CC1=C([Si](C)(C)C2=C(C)C=C(C(C)(C)C)C2)CC(C(C)(C)C)=C1.[Cl-].[Cl-].[Hf+2]. The van der Waals surface area contributed by atoms with Crippen LogP contribution >= 0.6 is 0 Å². The second kappa shape index (κ2) is 9.42. The van der Waals surface area contributed by atoms with Crippen molar-refractivity contribution in [1.29, 1.82) is 0 Å². The average molecular weight is 578 g/mol. The van der Waals surface area contributed by atoms with E-state index in [0.29, 0.717) is 10.8 Å². The van der Waals surface area contributed by atoms with Crippen LogP contribution in [0.4, 0.5) is 0 Å². The maximum Gasteiger partial charge on any atom is 2.00 e. The van der Waals surface area contributed by atoms with E-state index in [1.165, 1.54) is 12.8 Å². The topological polar surface area (TPSA) is 0 Å². The van der Waals surface area contributed by atoms with Gasteiger partial charge in [0.2, 0.25) is 0 Å². The monoisotopic (exact) mass is 578 g/mol. The van der Waals surface area contributed by atoms with Crippen molar-refractivity contribution in [2.75, 3.05) is 0 Å². The van der Waals surface area contributed by atoms with Gasteiger partial charge in [0, 0.05) is 0 Å². The fourth-order valence-electron chi connectivity index (χ4n) is 4.03. The number of hydrogen-bond donors (Lipinski definition) is 0. The van der Waals surface area contributed by atoms with Crippen LogP contribution in [-0.4, -0.2) is 8.07 Å². The zero-order valence-corrected chi connectivity index (χ0v) is 24.4. The fraction of sp³-hybridized carbons (Fsp3) is 0.636. The van der Waals surface area contributed by atoms with E-state index in [-0.39, 0.29) is 50.7 Å². The third-order valence-electron chi connectivity index (χ3n) is 5.90. The summed E-state index contributed by atoms with van der Waals surface area (Å²) in [5, 5.41) is 3.53. The zero-order chi connectivity index (χ0) is 17.8. The van der Waals surface area contributed by atoms with Gasteiger partial charge in [-0.25, -0.2) is 0 Å². The minimum Gasteiger partial charge on any atom is -1.00 e.